The molecular formula is C11H22N3O. The van der Waals surface area contributed by atoms with Crippen molar-refractivity contribution in [2.24, 2.45) is 0 Å². The quantitative estimate of drug-likeness (QED) is 0.719. The Morgan fingerprint density at radius 2 is 1.67 bits per heavy atom. The maximum Gasteiger partial charge on any atom is 0.106 e. The van der Waals surface area contributed by atoms with Crippen LogP contribution in [0.15, 0.2) is 0 Å². The number of morpholine rings is 1. The third-order valence-electron chi connectivity index (χ3n) is 3.17. The van der Waals surface area contributed by atoms with Crippen LogP contribution in [-0.4, -0.2) is 62.3 Å². The topological polar surface area (TPSA) is 27.7 Å². The van der Waals surface area contributed by atoms with E-state index in [4.69, 9.17) is 4.74 Å². The van der Waals surface area contributed by atoms with Gasteiger partial charge in [0.1, 0.15) is 6.17 Å². The summed E-state index contributed by atoms with van der Waals surface area (Å²) in [6.07, 6.45) is 2.65. The van der Waals surface area contributed by atoms with Crippen LogP contribution in [0.2, 0.25) is 0 Å². The molecule has 0 amide bonds. The van der Waals surface area contributed by atoms with E-state index in [2.05, 4.69) is 22.0 Å². The lowest BCUT2D eigenvalue weighted by Gasteiger charge is -2.41. The van der Waals surface area contributed by atoms with E-state index in [0.29, 0.717) is 0 Å². The van der Waals surface area contributed by atoms with E-state index in [-0.39, 0.29) is 0 Å². The van der Waals surface area contributed by atoms with Gasteiger partial charge in [-0.25, -0.2) is 0 Å². The van der Waals surface area contributed by atoms with Crippen LogP contribution in [0.4, 0.5) is 0 Å². The van der Waals surface area contributed by atoms with Crippen molar-refractivity contribution in [1.29, 1.82) is 0 Å². The summed E-state index contributed by atoms with van der Waals surface area (Å²) in [6.45, 7) is 10.7. The Kier molecular flexibility index (Phi) is 4.38. The van der Waals surface area contributed by atoms with Crippen molar-refractivity contribution in [2.75, 3.05) is 52.5 Å². The third kappa shape index (κ3) is 2.91. The molecule has 0 spiro atoms. The van der Waals surface area contributed by atoms with Crippen molar-refractivity contribution in [3.8, 4) is 0 Å². The zero-order valence-electron chi connectivity index (χ0n) is 9.67. The molecule has 0 atom stereocenters. The zero-order chi connectivity index (χ0) is 10.5. The standard InChI is InChI=1S/C11H22N3O/c1-2-11(13-5-3-12-4-6-13)14-7-9-15-10-8-14/h12H,2-10H2,1H3. The van der Waals surface area contributed by atoms with Gasteiger partial charge in [0.2, 0.25) is 0 Å². The Labute approximate surface area is 92.6 Å². The van der Waals surface area contributed by atoms with E-state index in [0.717, 1.165) is 58.9 Å². The highest BCUT2D eigenvalue weighted by atomic mass is 16.5. The Balaban J connectivity index is 1.88. The molecule has 2 saturated heterocycles. The molecule has 4 heteroatoms. The molecule has 1 radical (unpaired) electrons. The minimum atomic E-state index is 0.885. The van der Waals surface area contributed by atoms with Crippen LogP contribution in [0.5, 0.6) is 0 Å². The Morgan fingerprint density at radius 1 is 1.07 bits per heavy atom. The van der Waals surface area contributed by atoms with Gasteiger partial charge in [0.15, 0.2) is 0 Å². The number of ether oxygens (including phenoxy) is 1. The van der Waals surface area contributed by atoms with Crippen LogP contribution in [0.1, 0.15) is 13.3 Å². The van der Waals surface area contributed by atoms with E-state index in [1.807, 2.05) is 0 Å². The van der Waals surface area contributed by atoms with E-state index in [1.165, 1.54) is 6.17 Å². The number of nitrogens with zero attached hydrogens (tertiary/aromatic N) is 2. The maximum absolute atomic E-state index is 5.40. The van der Waals surface area contributed by atoms with Crippen LogP contribution in [-0.2, 0) is 4.74 Å². The first-order valence-electron chi connectivity index (χ1n) is 6.06. The first-order valence-corrected chi connectivity index (χ1v) is 6.06. The van der Waals surface area contributed by atoms with Crippen molar-refractivity contribution < 1.29 is 4.74 Å². The minimum absolute atomic E-state index is 0.885. The highest BCUT2D eigenvalue weighted by molar-refractivity contribution is 4.91. The molecule has 0 aromatic rings. The van der Waals surface area contributed by atoms with Gasteiger partial charge in [-0.15, -0.1) is 0 Å². The molecule has 0 saturated carbocycles. The fourth-order valence-electron chi connectivity index (χ4n) is 2.39. The van der Waals surface area contributed by atoms with Gasteiger partial charge in [-0.3, -0.25) is 9.80 Å². The molecule has 15 heavy (non-hydrogen) atoms. The van der Waals surface area contributed by atoms with Gasteiger partial charge < -0.3 is 10.1 Å². The van der Waals surface area contributed by atoms with Crippen LogP contribution in [0.25, 0.3) is 0 Å². The Bertz CT molecular complexity index is 159. The molecule has 2 rings (SSSR count). The number of nitrogens with one attached hydrogen (secondary N) is 1. The molecule has 0 bridgehead atoms. The van der Waals surface area contributed by atoms with Gasteiger partial charge in [-0.2, -0.15) is 0 Å². The second-order valence-electron chi connectivity index (χ2n) is 4.11. The summed E-state index contributed by atoms with van der Waals surface area (Å²) < 4.78 is 5.40. The molecule has 0 aromatic carbocycles. The molecule has 0 unspecified atom stereocenters. The van der Waals surface area contributed by atoms with Gasteiger partial charge in [-0.05, 0) is 6.42 Å². The van der Waals surface area contributed by atoms with E-state index < -0.39 is 0 Å². The molecule has 2 aliphatic heterocycles. The van der Waals surface area contributed by atoms with Crippen molar-refractivity contribution in [3.63, 3.8) is 0 Å². The second-order valence-corrected chi connectivity index (χ2v) is 4.11. The predicted octanol–water partition coefficient (Wildman–Crippen LogP) is 0.123. The van der Waals surface area contributed by atoms with Crippen molar-refractivity contribution in [2.45, 2.75) is 13.3 Å². The lowest BCUT2D eigenvalue weighted by Crippen LogP contribution is -2.52. The molecular weight excluding hydrogens is 190 g/mol. The maximum atomic E-state index is 5.40. The van der Waals surface area contributed by atoms with Gasteiger partial charge in [0, 0.05) is 39.3 Å². The second kappa shape index (κ2) is 5.80. The van der Waals surface area contributed by atoms with Crippen LogP contribution < -0.4 is 5.32 Å². The van der Waals surface area contributed by atoms with Gasteiger partial charge in [-0.1, -0.05) is 6.92 Å². The van der Waals surface area contributed by atoms with Gasteiger partial charge in [0.05, 0.1) is 13.2 Å². The minimum Gasteiger partial charge on any atom is -0.379 e. The molecule has 2 fully saturated rings. The average Bonchev–Trinajstić information content (AvgIpc) is 2.33. The van der Waals surface area contributed by atoms with Gasteiger partial charge >= 0.3 is 0 Å². The average molecular weight is 212 g/mol. The SMILES string of the molecule is CC[C](N1CCNCC1)N1CCOCC1. The normalized spacial score (nSPS) is 26.0. The highest BCUT2D eigenvalue weighted by Gasteiger charge is 2.27. The molecule has 1 N–H and O–H groups in total. The first-order chi connectivity index (χ1) is 7.42. The first kappa shape index (κ1) is 11.3. The van der Waals surface area contributed by atoms with Crippen LogP contribution in [0, 0.1) is 6.17 Å². The zero-order valence-corrected chi connectivity index (χ0v) is 9.67. The highest BCUT2D eigenvalue weighted by Crippen LogP contribution is 2.19. The Morgan fingerprint density at radius 3 is 2.27 bits per heavy atom. The van der Waals surface area contributed by atoms with E-state index in [1.54, 1.807) is 0 Å². The molecule has 0 aliphatic carbocycles. The summed E-state index contributed by atoms with van der Waals surface area (Å²) in [5, 5.41) is 3.40. The summed E-state index contributed by atoms with van der Waals surface area (Å²) in [4.78, 5) is 5.02. The third-order valence-corrected chi connectivity index (χ3v) is 3.17. The fourth-order valence-corrected chi connectivity index (χ4v) is 2.39. The monoisotopic (exact) mass is 212 g/mol. The van der Waals surface area contributed by atoms with E-state index in [9.17, 15) is 0 Å². The smallest absolute Gasteiger partial charge is 0.106 e. The van der Waals surface area contributed by atoms with E-state index >= 15 is 0 Å². The summed E-state index contributed by atoms with van der Waals surface area (Å²) in [6, 6.07) is 0. The van der Waals surface area contributed by atoms with Gasteiger partial charge in [0.25, 0.3) is 0 Å². The summed E-state index contributed by atoms with van der Waals surface area (Å²) in [5.41, 5.74) is 0. The molecule has 87 valence electrons. The summed E-state index contributed by atoms with van der Waals surface area (Å²) in [5.74, 6) is 0. The number of rotatable bonds is 3. The van der Waals surface area contributed by atoms with Crippen molar-refractivity contribution in [1.82, 2.24) is 15.1 Å². The Hall–Kier alpha value is -0.160. The van der Waals surface area contributed by atoms with Crippen LogP contribution in [0.3, 0.4) is 0 Å². The molecule has 4 nitrogen and oxygen atoms in total. The van der Waals surface area contributed by atoms with Crippen LogP contribution >= 0.6 is 0 Å². The summed E-state index contributed by atoms with van der Waals surface area (Å²) >= 11 is 0. The molecule has 2 heterocycles. The van der Waals surface area contributed by atoms with Crippen molar-refractivity contribution in [3.05, 3.63) is 6.17 Å². The summed E-state index contributed by atoms with van der Waals surface area (Å²) in [7, 11) is 0. The predicted molar refractivity (Wildman–Crippen MR) is 60.4 cm³/mol. The molecule has 2 aliphatic rings. The van der Waals surface area contributed by atoms with Crippen molar-refractivity contribution >= 4 is 0 Å². The number of piperazine rings is 1. The number of hydrogen-bond acceptors (Lipinski definition) is 4. The largest absolute Gasteiger partial charge is 0.379 e. The molecule has 0 aromatic heterocycles. The fraction of sp³-hybridized carbons (Fsp3) is 0.909. The number of hydrogen-bond donors (Lipinski definition) is 1. The lowest BCUT2D eigenvalue weighted by molar-refractivity contribution is 0.00852. The lowest BCUT2D eigenvalue weighted by atomic mass is 10.2.